The van der Waals surface area contributed by atoms with Crippen molar-refractivity contribution >= 4 is 10.0 Å². The summed E-state index contributed by atoms with van der Waals surface area (Å²) in [5.41, 5.74) is 2.48. The van der Waals surface area contributed by atoms with Crippen molar-refractivity contribution in [1.29, 1.82) is 5.26 Å². The minimum Gasteiger partial charge on any atom is -0.387 e. The molecule has 0 radical (unpaired) electrons. The summed E-state index contributed by atoms with van der Waals surface area (Å²) in [5.74, 6) is 0. The van der Waals surface area contributed by atoms with Crippen molar-refractivity contribution in [2.24, 2.45) is 0 Å². The number of nitrogens with zero attached hydrogens (tertiary/aromatic N) is 1. The van der Waals surface area contributed by atoms with Crippen molar-refractivity contribution in [1.82, 2.24) is 4.72 Å². The Morgan fingerprint density at radius 3 is 2.48 bits per heavy atom. The molecule has 23 heavy (non-hydrogen) atoms. The average molecular weight is 330 g/mol. The molecule has 1 atom stereocenters. The van der Waals surface area contributed by atoms with E-state index in [1.807, 2.05) is 25.1 Å². The zero-order valence-corrected chi connectivity index (χ0v) is 13.8. The summed E-state index contributed by atoms with van der Waals surface area (Å²) in [6.45, 7) is 3.37. The molecule has 2 N–H and O–H groups in total. The molecule has 120 valence electrons. The minimum atomic E-state index is -3.75. The van der Waals surface area contributed by atoms with E-state index in [1.165, 1.54) is 18.2 Å². The first-order valence-corrected chi connectivity index (χ1v) is 8.57. The molecule has 0 bridgehead atoms. The molecule has 0 heterocycles. The summed E-state index contributed by atoms with van der Waals surface area (Å²) in [4.78, 5) is 0.105. The van der Waals surface area contributed by atoms with Crippen LogP contribution in [0, 0.1) is 25.2 Å². The van der Waals surface area contributed by atoms with E-state index >= 15 is 0 Å². The van der Waals surface area contributed by atoms with Gasteiger partial charge in [-0.25, -0.2) is 13.1 Å². The molecule has 0 aromatic heterocycles. The fourth-order valence-electron chi connectivity index (χ4n) is 2.36. The predicted octanol–water partition coefficient (Wildman–Crippen LogP) is 2.19. The Kier molecular flexibility index (Phi) is 5.16. The van der Waals surface area contributed by atoms with Crippen LogP contribution in [0.15, 0.2) is 47.4 Å². The first-order valence-electron chi connectivity index (χ1n) is 7.09. The largest absolute Gasteiger partial charge is 0.387 e. The van der Waals surface area contributed by atoms with Gasteiger partial charge in [0.15, 0.2) is 0 Å². The molecular formula is C17H18N2O3S. The van der Waals surface area contributed by atoms with Gasteiger partial charge in [-0.15, -0.1) is 0 Å². The quantitative estimate of drug-likeness (QED) is 0.879. The molecule has 2 aromatic rings. The van der Waals surface area contributed by atoms with Crippen LogP contribution in [0.3, 0.4) is 0 Å². The molecule has 0 fully saturated rings. The third kappa shape index (κ3) is 3.96. The van der Waals surface area contributed by atoms with E-state index in [0.29, 0.717) is 16.7 Å². The van der Waals surface area contributed by atoms with Gasteiger partial charge in [-0.3, -0.25) is 0 Å². The van der Waals surface area contributed by atoms with Crippen molar-refractivity contribution in [2.45, 2.75) is 24.8 Å². The van der Waals surface area contributed by atoms with E-state index in [9.17, 15) is 13.5 Å². The highest BCUT2D eigenvalue weighted by atomic mass is 32.2. The molecule has 0 saturated carbocycles. The first-order chi connectivity index (χ1) is 10.8. The summed E-state index contributed by atoms with van der Waals surface area (Å²) in [6.07, 6.45) is -0.926. The van der Waals surface area contributed by atoms with Crippen LogP contribution in [0.5, 0.6) is 0 Å². The average Bonchev–Trinajstić information content (AvgIpc) is 2.52. The molecule has 0 amide bonds. The van der Waals surface area contributed by atoms with Gasteiger partial charge in [0.25, 0.3) is 0 Å². The zero-order chi connectivity index (χ0) is 17.0. The molecule has 0 aliphatic heterocycles. The fourth-order valence-corrected chi connectivity index (χ4v) is 3.62. The van der Waals surface area contributed by atoms with Gasteiger partial charge in [0, 0.05) is 6.54 Å². The molecule has 0 aliphatic rings. The third-order valence-electron chi connectivity index (χ3n) is 3.61. The Morgan fingerprint density at radius 1 is 1.17 bits per heavy atom. The number of rotatable bonds is 5. The van der Waals surface area contributed by atoms with Gasteiger partial charge in [-0.05, 0) is 48.7 Å². The highest BCUT2D eigenvalue weighted by molar-refractivity contribution is 7.89. The molecule has 2 aromatic carbocycles. The maximum absolute atomic E-state index is 12.4. The fraction of sp³-hybridized carbons (Fsp3) is 0.235. The van der Waals surface area contributed by atoms with Crippen molar-refractivity contribution in [2.75, 3.05) is 6.54 Å². The first kappa shape index (κ1) is 17.2. The minimum absolute atomic E-state index is 0.105. The van der Waals surface area contributed by atoms with Crippen LogP contribution in [0.4, 0.5) is 0 Å². The summed E-state index contributed by atoms with van der Waals surface area (Å²) in [6, 6.07) is 13.6. The Bertz CT molecular complexity index is 854. The van der Waals surface area contributed by atoms with Gasteiger partial charge < -0.3 is 5.11 Å². The number of hydrogen-bond donors (Lipinski definition) is 2. The van der Waals surface area contributed by atoms with Crippen LogP contribution >= 0.6 is 0 Å². The smallest absolute Gasteiger partial charge is 0.240 e. The van der Waals surface area contributed by atoms with Gasteiger partial charge in [0.1, 0.15) is 0 Å². The molecule has 0 aliphatic carbocycles. The summed E-state index contributed by atoms with van der Waals surface area (Å²) in [7, 11) is -3.75. The van der Waals surface area contributed by atoms with Crippen molar-refractivity contribution in [3.05, 3.63) is 64.7 Å². The number of aliphatic hydroxyl groups excluding tert-OH is 1. The second kappa shape index (κ2) is 6.92. The van der Waals surface area contributed by atoms with Crippen molar-refractivity contribution < 1.29 is 13.5 Å². The van der Waals surface area contributed by atoms with E-state index in [4.69, 9.17) is 5.26 Å². The second-order valence-corrected chi connectivity index (χ2v) is 7.05. The van der Waals surface area contributed by atoms with Gasteiger partial charge >= 0.3 is 0 Å². The van der Waals surface area contributed by atoms with Crippen molar-refractivity contribution in [3.8, 4) is 6.07 Å². The van der Waals surface area contributed by atoms with Crippen molar-refractivity contribution in [3.63, 3.8) is 0 Å². The second-order valence-electron chi connectivity index (χ2n) is 5.32. The lowest BCUT2D eigenvalue weighted by Gasteiger charge is -2.15. The lowest BCUT2D eigenvalue weighted by atomic mass is 10.0. The standard InChI is InChI=1S/C17H18N2O3S/c1-12-5-3-4-6-15(12)16(20)11-19-23(21,22)17-8-7-14(10-18)9-13(17)2/h3-9,16,19-20H,11H2,1-2H3. The maximum atomic E-state index is 12.4. The lowest BCUT2D eigenvalue weighted by molar-refractivity contribution is 0.181. The number of aryl methyl sites for hydroxylation is 2. The monoisotopic (exact) mass is 330 g/mol. The van der Waals surface area contributed by atoms with E-state index in [2.05, 4.69) is 4.72 Å². The van der Waals surface area contributed by atoms with E-state index in [1.54, 1.807) is 19.1 Å². The molecule has 0 spiro atoms. The van der Waals surface area contributed by atoms with E-state index in [0.717, 1.165) is 5.56 Å². The van der Waals surface area contributed by atoms with Gasteiger partial charge in [0.05, 0.1) is 22.6 Å². The molecule has 2 rings (SSSR count). The molecule has 0 saturated heterocycles. The lowest BCUT2D eigenvalue weighted by Crippen LogP contribution is -2.29. The summed E-state index contributed by atoms with van der Waals surface area (Å²) >= 11 is 0. The highest BCUT2D eigenvalue weighted by Crippen LogP contribution is 2.19. The Labute approximate surface area is 136 Å². The predicted molar refractivity (Wildman–Crippen MR) is 87.2 cm³/mol. The van der Waals surface area contributed by atoms with E-state index in [-0.39, 0.29) is 11.4 Å². The molecular weight excluding hydrogens is 312 g/mol. The van der Waals surface area contributed by atoms with Crippen LogP contribution in [0.1, 0.15) is 28.4 Å². The number of hydrogen-bond acceptors (Lipinski definition) is 4. The molecule has 6 heteroatoms. The van der Waals surface area contributed by atoms with E-state index < -0.39 is 16.1 Å². The van der Waals surface area contributed by atoms with Gasteiger partial charge in [0.2, 0.25) is 10.0 Å². The van der Waals surface area contributed by atoms with Crippen LogP contribution in [-0.2, 0) is 10.0 Å². The normalized spacial score (nSPS) is 12.6. The van der Waals surface area contributed by atoms with Crippen LogP contribution in [-0.4, -0.2) is 20.1 Å². The highest BCUT2D eigenvalue weighted by Gasteiger charge is 2.19. The van der Waals surface area contributed by atoms with Crippen LogP contribution < -0.4 is 4.72 Å². The number of aliphatic hydroxyl groups is 1. The molecule has 1 unspecified atom stereocenters. The van der Waals surface area contributed by atoms with Crippen LogP contribution in [0.25, 0.3) is 0 Å². The zero-order valence-electron chi connectivity index (χ0n) is 12.9. The topological polar surface area (TPSA) is 90.2 Å². The van der Waals surface area contributed by atoms with Gasteiger partial charge in [-0.2, -0.15) is 5.26 Å². The third-order valence-corrected chi connectivity index (χ3v) is 5.19. The molecule has 5 nitrogen and oxygen atoms in total. The summed E-state index contributed by atoms with van der Waals surface area (Å²) < 4.78 is 27.2. The maximum Gasteiger partial charge on any atom is 0.240 e. The summed E-state index contributed by atoms with van der Waals surface area (Å²) in [5, 5.41) is 19.0. The SMILES string of the molecule is Cc1ccccc1C(O)CNS(=O)(=O)c1ccc(C#N)cc1C. The number of nitriles is 1. The number of sulfonamides is 1. The number of benzene rings is 2. The van der Waals surface area contributed by atoms with Gasteiger partial charge in [-0.1, -0.05) is 24.3 Å². The Morgan fingerprint density at radius 2 is 1.87 bits per heavy atom. The Balaban J connectivity index is 2.16. The van der Waals surface area contributed by atoms with Crippen LogP contribution in [0.2, 0.25) is 0 Å². The number of nitrogens with one attached hydrogen (secondary N) is 1. The Hall–Kier alpha value is -2.20.